The Balaban J connectivity index is 4.49. The molecule has 0 spiro atoms. The van der Waals surface area contributed by atoms with Gasteiger partial charge < -0.3 is 0 Å². The van der Waals surface area contributed by atoms with Crippen LogP contribution in [-0.4, -0.2) is 6.43 Å². The van der Waals surface area contributed by atoms with Crippen molar-refractivity contribution in [3.05, 3.63) is 10.1 Å². The molecule has 0 aliphatic carbocycles. The van der Waals surface area contributed by atoms with Crippen molar-refractivity contribution in [3.8, 4) is 0 Å². The summed E-state index contributed by atoms with van der Waals surface area (Å²) in [5, 5.41) is 0. The van der Waals surface area contributed by atoms with E-state index in [0.29, 0.717) is 6.42 Å². The van der Waals surface area contributed by atoms with Gasteiger partial charge in [0.15, 0.2) is 0 Å². The Morgan fingerprint density at radius 1 is 1.36 bits per heavy atom. The lowest BCUT2D eigenvalue weighted by Crippen LogP contribution is -2.07. The molecule has 0 saturated carbocycles. The van der Waals surface area contributed by atoms with Crippen molar-refractivity contribution < 1.29 is 8.78 Å². The summed E-state index contributed by atoms with van der Waals surface area (Å²) in [6, 6.07) is 0. The normalized spacial score (nSPS) is 13.4. The maximum absolute atomic E-state index is 12.2. The van der Waals surface area contributed by atoms with Crippen molar-refractivity contribution in [2.45, 2.75) is 26.7 Å². The van der Waals surface area contributed by atoms with Crippen LogP contribution in [0, 0.1) is 5.92 Å². The fourth-order valence-corrected chi connectivity index (χ4v) is 1.24. The van der Waals surface area contributed by atoms with Crippen molar-refractivity contribution in [3.63, 3.8) is 0 Å². The average molecular weight is 203 g/mol. The highest BCUT2D eigenvalue weighted by Gasteiger charge is 2.20. The molecule has 0 aromatic heterocycles. The maximum Gasteiger partial charge on any atom is 0.262 e. The molecule has 0 nitrogen and oxygen atoms in total. The van der Waals surface area contributed by atoms with Crippen LogP contribution in [0.2, 0.25) is 0 Å². The van der Waals surface area contributed by atoms with Crippen LogP contribution in [0.5, 0.6) is 0 Å². The number of hydrogen-bond acceptors (Lipinski definition) is 0. The second-order valence-electron chi connectivity index (χ2n) is 2.33. The van der Waals surface area contributed by atoms with E-state index in [-0.39, 0.29) is 16.0 Å². The van der Waals surface area contributed by atoms with Crippen molar-refractivity contribution in [2.24, 2.45) is 5.92 Å². The summed E-state index contributed by atoms with van der Waals surface area (Å²) < 4.78 is 24.0. The molecule has 1 atom stereocenters. The molecule has 0 rings (SSSR count). The van der Waals surface area contributed by atoms with Gasteiger partial charge in [-0.3, -0.25) is 0 Å². The van der Waals surface area contributed by atoms with Crippen LogP contribution in [0.4, 0.5) is 8.78 Å². The minimum Gasteiger partial charge on any atom is -0.205 e. The zero-order valence-electron chi connectivity index (χ0n) is 6.37. The molecule has 0 bridgehead atoms. The zero-order valence-corrected chi connectivity index (χ0v) is 7.89. The molecule has 0 aromatic rings. The summed E-state index contributed by atoms with van der Waals surface area (Å²) in [6.45, 7) is 3.48. The molecule has 0 amide bonds. The molecule has 0 aliphatic rings. The van der Waals surface area contributed by atoms with Gasteiger partial charge in [-0.05, 0) is 12.3 Å². The Labute approximate surface area is 75.2 Å². The van der Waals surface area contributed by atoms with Crippen LogP contribution in [-0.2, 0) is 0 Å². The second-order valence-corrected chi connectivity index (χ2v) is 3.28. The van der Waals surface area contributed by atoms with Crippen molar-refractivity contribution in [1.82, 2.24) is 0 Å². The summed E-state index contributed by atoms with van der Waals surface area (Å²) >= 11 is 10.6. The lowest BCUT2D eigenvalue weighted by Gasteiger charge is -2.12. The van der Waals surface area contributed by atoms with Gasteiger partial charge in [0.05, 0.1) is 0 Å². The standard InChI is InChI=1S/C7H10Cl2F2/c1-3-4(2)5(6(8)9)7(10)11/h4,7H,3H2,1-2H3. The van der Waals surface area contributed by atoms with Gasteiger partial charge in [0, 0.05) is 5.57 Å². The summed E-state index contributed by atoms with van der Waals surface area (Å²) in [7, 11) is 0. The van der Waals surface area contributed by atoms with Gasteiger partial charge in [-0.2, -0.15) is 0 Å². The monoisotopic (exact) mass is 202 g/mol. The van der Waals surface area contributed by atoms with E-state index in [1.54, 1.807) is 6.92 Å². The molecule has 4 heteroatoms. The molecule has 0 saturated heterocycles. The summed E-state index contributed by atoms with van der Waals surface area (Å²) in [5.41, 5.74) is -0.157. The first-order chi connectivity index (χ1) is 5.00. The van der Waals surface area contributed by atoms with E-state index in [9.17, 15) is 8.78 Å². The third-order valence-corrected chi connectivity index (χ3v) is 2.03. The Hall–Kier alpha value is 0.180. The van der Waals surface area contributed by atoms with Gasteiger partial charge in [0.2, 0.25) is 0 Å². The fourth-order valence-electron chi connectivity index (χ4n) is 0.704. The van der Waals surface area contributed by atoms with Gasteiger partial charge in [-0.1, -0.05) is 37.0 Å². The molecule has 0 fully saturated rings. The van der Waals surface area contributed by atoms with Gasteiger partial charge in [-0.25, -0.2) is 8.78 Å². The van der Waals surface area contributed by atoms with Crippen molar-refractivity contribution >= 4 is 23.2 Å². The van der Waals surface area contributed by atoms with E-state index < -0.39 is 6.43 Å². The van der Waals surface area contributed by atoms with E-state index in [0.717, 1.165) is 0 Å². The highest BCUT2D eigenvalue weighted by Crippen LogP contribution is 2.28. The lowest BCUT2D eigenvalue weighted by atomic mass is 10.0. The van der Waals surface area contributed by atoms with E-state index in [1.165, 1.54) is 0 Å². The predicted octanol–water partition coefficient (Wildman–Crippen LogP) is 3.99. The van der Waals surface area contributed by atoms with Gasteiger partial charge in [0.25, 0.3) is 6.43 Å². The Bertz CT molecular complexity index is 151. The lowest BCUT2D eigenvalue weighted by molar-refractivity contribution is 0.175. The van der Waals surface area contributed by atoms with Gasteiger partial charge in [-0.15, -0.1) is 0 Å². The average Bonchev–Trinajstić information content (AvgIpc) is 1.85. The SMILES string of the molecule is CCC(C)C(=C(Cl)Cl)C(F)F. The molecular formula is C7H10Cl2F2. The first-order valence-corrected chi connectivity index (χ1v) is 4.09. The summed E-state index contributed by atoms with van der Waals surface area (Å²) in [4.78, 5) is 0. The zero-order chi connectivity index (χ0) is 9.02. The van der Waals surface area contributed by atoms with Crippen LogP contribution in [0.3, 0.4) is 0 Å². The molecule has 0 aromatic carbocycles. The number of allylic oxidation sites excluding steroid dienone is 1. The smallest absolute Gasteiger partial charge is 0.205 e. The molecule has 0 heterocycles. The Kier molecular flexibility index (Phi) is 5.02. The largest absolute Gasteiger partial charge is 0.262 e. The highest BCUT2D eigenvalue weighted by atomic mass is 35.5. The summed E-state index contributed by atoms with van der Waals surface area (Å²) in [6.07, 6.45) is -1.93. The van der Waals surface area contributed by atoms with E-state index in [1.807, 2.05) is 6.92 Å². The van der Waals surface area contributed by atoms with E-state index >= 15 is 0 Å². The van der Waals surface area contributed by atoms with Crippen LogP contribution in [0.1, 0.15) is 20.3 Å². The third-order valence-electron chi connectivity index (χ3n) is 1.60. The van der Waals surface area contributed by atoms with Gasteiger partial charge in [0.1, 0.15) is 4.49 Å². The molecule has 0 radical (unpaired) electrons. The number of rotatable bonds is 3. The quantitative estimate of drug-likeness (QED) is 0.650. The van der Waals surface area contributed by atoms with E-state index in [4.69, 9.17) is 23.2 Å². The van der Waals surface area contributed by atoms with Crippen molar-refractivity contribution in [1.29, 1.82) is 0 Å². The molecule has 1 unspecified atom stereocenters. The van der Waals surface area contributed by atoms with Crippen molar-refractivity contribution in [2.75, 3.05) is 0 Å². The minimum atomic E-state index is -2.55. The maximum atomic E-state index is 12.2. The molecule has 66 valence electrons. The first-order valence-electron chi connectivity index (χ1n) is 3.33. The highest BCUT2D eigenvalue weighted by molar-refractivity contribution is 6.56. The summed E-state index contributed by atoms with van der Waals surface area (Å²) in [5.74, 6) is -0.250. The fraction of sp³-hybridized carbons (Fsp3) is 0.714. The molecule has 0 aliphatic heterocycles. The third kappa shape index (κ3) is 3.39. The Morgan fingerprint density at radius 2 is 1.82 bits per heavy atom. The van der Waals surface area contributed by atoms with Crippen LogP contribution < -0.4 is 0 Å². The topological polar surface area (TPSA) is 0 Å². The molecular weight excluding hydrogens is 193 g/mol. The predicted molar refractivity (Wildman–Crippen MR) is 44.2 cm³/mol. The van der Waals surface area contributed by atoms with Crippen LogP contribution in [0.25, 0.3) is 0 Å². The molecule has 0 N–H and O–H groups in total. The second kappa shape index (κ2) is 4.94. The first kappa shape index (κ1) is 11.2. The Morgan fingerprint density at radius 3 is 1.91 bits per heavy atom. The number of hydrogen-bond donors (Lipinski definition) is 0. The molecule has 11 heavy (non-hydrogen) atoms. The van der Waals surface area contributed by atoms with Crippen LogP contribution >= 0.6 is 23.2 Å². The minimum absolute atomic E-state index is 0.157. The van der Waals surface area contributed by atoms with Crippen LogP contribution in [0.15, 0.2) is 10.1 Å². The van der Waals surface area contributed by atoms with E-state index in [2.05, 4.69) is 0 Å². The van der Waals surface area contributed by atoms with Gasteiger partial charge >= 0.3 is 0 Å². The number of alkyl halides is 2. The number of halogens is 4.